The average molecular weight is 536 g/mol. The Hall–Kier alpha value is -3.92. The van der Waals surface area contributed by atoms with E-state index < -0.39 is 17.9 Å². The van der Waals surface area contributed by atoms with E-state index in [1.54, 1.807) is 24.3 Å². The van der Waals surface area contributed by atoms with E-state index in [4.69, 9.17) is 16.2 Å². The molecule has 0 saturated heterocycles. The van der Waals surface area contributed by atoms with Crippen LogP contribution in [0.3, 0.4) is 0 Å². The number of rotatable bonds is 10. The number of primary amides is 1. The van der Waals surface area contributed by atoms with Crippen molar-refractivity contribution in [2.45, 2.75) is 58.0 Å². The molecule has 1 aliphatic rings. The minimum absolute atomic E-state index is 0.0426. The summed E-state index contributed by atoms with van der Waals surface area (Å²) in [5, 5.41) is 3.17. The van der Waals surface area contributed by atoms with Crippen LogP contribution in [0, 0.1) is 0 Å². The van der Waals surface area contributed by atoms with Crippen molar-refractivity contribution in [1.82, 2.24) is 9.69 Å². The standard InChI is InChI=1S/C28H33N5O4S/c1-3-17-9-5-8-12-21(17)33(28(36)25-22(29)23(26(30)34)32-38-25)24(27(35)31-19-10-6-7-11-19)18-13-15-20(16-14-18)37-4-2/h5,8-9,12-16,19,24H,3-4,6-7,10-11,29H2,1-2H3,(H2,30,34)(H,31,35)/t24-/m1/s1. The molecule has 1 saturated carbocycles. The van der Waals surface area contributed by atoms with E-state index in [1.165, 1.54) is 4.90 Å². The molecule has 9 nitrogen and oxygen atoms in total. The monoisotopic (exact) mass is 535 g/mol. The molecule has 3 aromatic rings. The molecule has 5 N–H and O–H groups in total. The number of aromatic nitrogens is 1. The lowest BCUT2D eigenvalue weighted by molar-refractivity contribution is -0.123. The molecule has 0 radical (unpaired) electrons. The van der Waals surface area contributed by atoms with E-state index >= 15 is 0 Å². The number of hydrogen-bond acceptors (Lipinski definition) is 7. The number of amides is 3. The first-order chi connectivity index (χ1) is 18.3. The second kappa shape index (κ2) is 12.1. The molecule has 2 aromatic carbocycles. The number of benzene rings is 2. The number of nitrogens with zero attached hydrogens (tertiary/aromatic N) is 2. The first kappa shape index (κ1) is 27.1. The summed E-state index contributed by atoms with van der Waals surface area (Å²) in [6, 6.07) is 13.6. The fraction of sp³-hybridized carbons (Fsp3) is 0.357. The molecule has 4 rings (SSSR count). The van der Waals surface area contributed by atoms with E-state index in [0.29, 0.717) is 30.0 Å². The molecule has 0 aliphatic heterocycles. The molecule has 0 bridgehead atoms. The topological polar surface area (TPSA) is 141 Å². The molecule has 1 aromatic heterocycles. The van der Waals surface area contributed by atoms with Crippen LogP contribution in [0.4, 0.5) is 11.4 Å². The van der Waals surface area contributed by atoms with Crippen LogP contribution in [0.1, 0.15) is 76.9 Å². The molecule has 0 spiro atoms. The molecule has 38 heavy (non-hydrogen) atoms. The minimum atomic E-state index is -1.01. The number of hydrogen-bond donors (Lipinski definition) is 3. The zero-order valence-corrected chi connectivity index (χ0v) is 22.4. The lowest BCUT2D eigenvalue weighted by atomic mass is 9.99. The van der Waals surface area contributed by atoms with Gasteiger partial charge >= 0.3 is 0 Å². The van der Waals surface area contributed by atoms with Gasteiger partial charge in [0, 0.05) is 11.7 Å². The summed E-state index contributed by atoms with van der Waals surface area (Å²) in [5.74, 6) is -0.983. The zero-order valence-electron chi connectivity index (χ0n) is 21.6. The highest BCUT2D eigenvalue weighted by atomic mass is 32.1. The molecule has 1 heterocycles. The number of carbonyl (C=O) groups excluding carboxylic acids is 3. The number of carbonyl (C=O) groups is 3. The normalized spacial score (nSPS) is 14.2. The van der Waals surface area contributed by atoms with Crippen LogP contribution in [-0.2, 0) is 11.2 Å². The van der Waals surface area contributed by atoms with Gasteiger partial charge in [-0.15, -0.1) is 0 Å². The maximum atomic E-state index is 14.3. The maximum Gasteiger partial charge on any atom is 0.273 e. The third-order valence-electron chi connectivity index (χ3n) is 6.72. The summed E-state index contributed by atoms with van der Waals surface area (Å²) in [4.78, 5) is 41.6. The number of nitrogen functional groups attached to an aromatic ring is 1. The van der Waals surface area contributed by atoms with Gasteiger partial charge in [-0.2, -0.15) is 4.37 Å². The lowest BCUT2D eigenvalue weighted by Crippen LogP contribution is -2.46. The van der Waals surface area contributed by atoms with E-state index in [9.17, 15) is 14.4 Å². The quantitative estimate of drug-likeness (QED) is 0.355. The van der Waals surface area contributed by atoms with Crippen LogP contribution in [0.2, 0.25) is 0 Å². The summed E-state index contributed by atoms with van der Waals surface area (Å²) in [7, 11) is 0. The highest BCUT2D eigenvalue weighted by Crippen LogP contribution is 2.36. The van der Waals surface area contributed by atoms with Crippen molar-refractivity contribution in [1.29, 1.82) is 0 Å². The van der Waals surface area contributed by atoms with Gasteiger partial charge in [-0.1, -0.05) is 50.1 Å². The van der Waals surface area contributed by atoms with E-state index in [2.05, 4.69) is 9.69 Å². The Morgan fingerprint density at radius 2 is 1.79 bits per heavy atom. The Kier molecular flexibility index (Phi) is 8.62. The largest absolute Gasteiger partial charge is 0.494 e. The highest BCUT2D eigenvalue weighted by Gasteiger charge is 2.37. The molecule has 1 atom stereocenters. The van der Waals surface area contributed by atoms with Crippen LogP contribution in [-0.4, -0.2) is 34.7 Å². The second-order valence-electron chi connectivity index (χ2n) is 9.19. The van der Waals surface area contributed by atoms with Gasteiger partial charge in [-0.25, -0.2) is 0 Å². The van der Waals surface area contributed by atoms with Gasteiger partial charge in [-0.05, 0) is 67.0 Å². The molecular formula is C28H33N5O4S. The predicted octanol–water partition coefficient (Wildman–Crippen LogP) is 4.23. The molecule has 0 unspecified atom stereocenters. The third kappa shape index (κ3) is 5.65. The van der Waals surface area contributed by atoms with Gasteiger partial charge in [0.25, 0.3) is 11.8 Å². The van der Waals surface area contributed by atoms with E-state index in [0.717, 1.165) is 42.8 Å². The fourth-order valence-electron chi connectivity index (χ4n) is 4.83. The molecule has 1 aliphatic carbocycles. The van der Waals surface area contributed by atoms with Gasteiger partial charge in [0.2, 0.25) is 5.91 Å². The SMILES string of the molecule is CCOc1ccc([C@H](C(=O)NC2CCCC2)N(C(=O)c2snc(C(N)=O)c2N)c2ccccc2CC)cc1. The Balaban J connectivity index is 1.87. The van der Waals surface area contributed by atoms with Gasteiger partial charge in [0.1, 0.15) is 16.7 Å². The molecule has 3 amide bonds. The van der Waals surface area contributed by atoms with Crippen molar-refractivity contribution in [2.24, 2.45) is 5.73 Å². The van der Waals surface area contributed by atoms with Crippen LogP contribution in [0.5, 0.6) is 5.75 Å². The van der Waals surface area contributed by atoms with Crippen LogP contribution in [0.25, 0.3) is 0 Å². The summed E-state index contributed by atoms with van der Waals surface area (Å²) >= 11 is 0.797. The minimum Gasteiger partial charge on any atom is -0.494 e. The fourth-order valence-corrected chi connectivity index (χ4v) is 5.57. The first-order valence-electron chi connectivity index (χ1n) is 12.8. The lowest BCUT2D eigenvalue weighted by Gasteiger charge is -2.33. The Bertz CT molecular complexity index is 1300. The molecule has 1 fully saturated rings. The van der Waals surface area contributed by atoms with Crippen LogP contribution >= 0.6 is 11.5 Å². The number of aryl methyl sites for hydroxylation is 1. The summed E-state index contributed by atoms with van der Waals surface area (Å²) in [6.07, 6.45) is 4.52. The maximum absolute atomic E-state index is 14.3. The van der Waals surface area contributed by atoms with Gasteiger partial charge in [0.05, 0.1) is 12.3 Å². The van der Waals surface area contributed by atoms with E-state index in [-0.39, 0.29) is 28.2 Å². The van der Waals surface area contributed by atoms with Crippen molar-refractivity contribution in [2.75, 3.05) is 17.2 Å². The van der Waals surface area contributed by atoms with Crippen molar-refractivity contribution in [3.63, 3.8) is 0 Å². The summed E-state index contributed by atoms with van der Waals surface area (Å²) < 4.78 is 9.62. The Morgan fingerprint density at radius 3 is 2.39 bits per heavy atom. The molecular weight excluding hydrogens is 502 g/mol. The third-order valence-corrected chi connectivity index (χ3v) is 7.57. The van der Waals surface area contributed by atoms with Crippen LogP contribution < -0.4 is 26.4 Å². The Labute approximate surface area is 226 Å². The van der Waals surface area contributed by atoms with Gasteiger partial charge < -0.3 is 21.5 Å². The number of para-hydroxylation sites is 1. The molecule has 10 heteroatoms. The van der Waals surface area contributed by atoms with Crippen molar-refractivity contribution < 1.29 is 19.1 Å². The first-order valence-corrected chi connectivity index (χ1v) is 13.6. The highest BCUT2D eigenvalue weighted by molar-refractivity contribution is 7.09. The smallest absolute Gasteiger partial charge is 0.273 e. The number of anilines is 2. The van der Waals surface area contributed by atoms with Crippen LogP contribution in [0.15, 0.2) is 48.5 Å². The van der Waals surface area contributed by atoms with Gasteiger partial charge in [0.15, 0.2) is 5.69 Å². The van der Waals surface area contributed by atoms with E-state index in [1.807, 2.05) is 38.1 Å². The average Bonchev–Trinajstić information content (AvgIpc) is 3.57. The van der Waals surface area contributed by atoms with Crippen molar-refractivity contribution >= 4 is 40.6 Å². The summed E-state index contributed by atoms with van der Waals surface area (Å²) in [6.45, 7) is 4.39. The number of nitrogens with two attached hydrogens (primary N) is 2. The molecule has 200 valence electrons. The van der Waals surface area contributed by atoms with Gasteiger partial charge in [-0.3, -0.25) is 19.3 Å². The number of ether oxygens (including phenoxy) is 1. The van der Waals surface area contributed by atoms with Crippen molar-refractivity contribution in [3.05, 3.63) is 70.2 Å². The predicted molar refractivity (Wildman–Crippen MR) is 148 cm³/mol. The Morgan fingerprint density at radius 1 is 1.11 bits per heavy atom. The summed E-state index contributed by atoms with van der Waals surface area (Å²) in [5.41, 5.74) is 13.4. The number of nitrogens with one attached hydrogen (secondary N) is 1. The van der Waals surface area contributed by atoms with Crippen molar-refractivity contribution in [3.8, 4) is 5.75 Å². The second-order valence-corrected chi connectivity index (χ2v) is 9.96. The zero-order chi connectivity index (χ0) is 27.2.